The zero-order valence-electron chi connectivity index (χ0n) is 13.4. The summed E-state index contributed by atoms with van der Waals surface area (Å²) in [5, 5.41) is 3.41. The van der Waals surface area contributed by atoms with E-state index < -0.39 is 0 Å². The van der Waals surface area contributed by atoms with Crippen molar-refractivity contribution in [2.75, 3.05) is 11.9 Å². The van der Waals surface area contributed by atoms with E-state index in [9.17, 15) is 0 Å². The highest BCUT2D eigenvalue weighted by Crippen LogP contribution is 2.32. The summed E-state index contributed by atoms with van der Waals surface area (Å²) in [6.45, 7) is 6.49. The summed E-state index contributed by atoms with van der Waals surface area (Å²) in [5.74, 6) is 0.949. The van der Waals surface area contributed by atoms with E-state index in [0.29, 0.717) is 12.1 Å². The molecule has 0 aliphatic carbocycles. The van der Waals surface area contributed by atoms with Gasteiger partial charge in [-0.2, -0.15) is 0 Å². The number of aromatic nitrogens is 2. The number of rotatable bonds is 5. The molecule has 2 aromatic heterocycles. The molecule has 3 rings (SSSR count). The van der Waals surface area contributed by atoms with Crippen molar-refractivity contribution in [3.05, 3.63) is 54.0 Å². The van der Waals surface area contributed by atoms with Gasteiger partial charge in [-0.05, 0) is 63.1 Å². The molecule has 2 aromatic rings. The number of hydrogen-bond acceptors (Lipinski definition) is 4. The molecule has 0 bridgehead atoms. The van der Waals surface area contributed by atoms with Gasteiger partial charge in [0.25, 0.3) is 0 Å². The van der Waals surface area contributed by atoms with Crippen molar-refractivity contribution in [1.29, 1.82) is 0 Å². The average molecular weight is 296 g/mol. The first-order valence-corrected chi connectivity index (χ1v) is 8.09. The predicted molar refractivity (Wildman–Crippen MR) is 89.6 cm³/mol. The molecule has 1 N–H and O–H groups in total. The molecule has 4 nitrogen and oxygen atoms in total. The van der Waals surface area contributed by atoms with E-state index in [1.165, 1.54) is 30.6 Å². The van der Waals surface area contributed by atoms with Crippen LogP contribution in [0.3, 0.4) is 0 Å². The van der Waals surface area contributed by atoms with Crippen LogP contribution in [0.25, 0.3) is 0 Å². The molecule has 0 aromatic carbocycles. The van der Waals surface area contributed by atoms with Crippen LogP contribution in [0, 0.1) is 0 Å². The number of anilines is 1. The zero-order chi connectivity index (χ0) is 15.4. The van der Waals surface area contributed by atoms with Gasteiger partial charge in [0.1, 0.15) is 5.82 Å². The normalized spacial score (nSPS) is 18.8. The Hall–Kier alpha value is -1.94. The van der Waals surface area contributed by atoms with Gasteiger partial charge >= 0.3 is 0 Å². The summed E-state index contributed by atoms with van der Waals surface area (Å²) >= 11 is 0. The van der Waals surface area contributed by atoms with Crippen LogP contribution < -0.4 is 5.32 Å². The summed E-state index contributed by atoms with van der Waals surface area (Å²) < 4.78 is 0. The quantitative estimate of drug-likeness (QED) is 0.914. The lowest BCUT2D eigenvalue weighted by Crippen LogP contribution is -2.30. The van der Waals surface area contributed by atoms with Crippen LogP contribution in [-0.4, -0.2) is 27.5 Å². The van der Waals surface area contributed by atoms with Gasteiger partial charge in [0.05, 0.1) is 11.7 Å². The predicted octanol–water partition coefficient (Wildman–Crippen LogP) is 3.63. The molecule has 1 aliphatic rings. The second kappa shape index (κ2) is 6.88. The van der Waals surface area contributed by atoms with E-state index >= 15 is 0 Å². The molecule has 1 fully saturated rings. The third kappa shape index (κ3) is 3.45. The Kier molecular flexibility index (Phi) is 4.68. The van der Waals surface area contributed by atoms with Crippen LogP contribution in [0.4, 0.5) is 5.82 Å². The molecular formula is C18H24N4. The Balaban J connectivity index is 1.70. The zero-order valence-corrected chi connectivity index (χ0v) is 13.4. The van der Waals surface area contributed by atoms with Crippen LogP contribution in [0.15, 0.2) is 42.7 Å². The molecule has 1 atom stereocenters. The third-order valence-corrected chi connectivity index (χ3v) is 4.29. The van der Waals surface area contributed by atoms with Crippen molar-refractivity contribution in [3.8, 4) is 0 Å². The van der Waals surface area contributed by atoms with E-state index in [2.05, 4.69) is 41.2 Å². The molecule has 1 aliphatic heterocycles. The van der Waals surface area contributed by atoms with Crippen molar-refractivity contribution in [3.63, 3.8) is 0 Å². The molecule has 0 amide bonds. The van der Waals surface area contributed by atoms with Gasteiger partial charge in [-0.1, -0.05) is 6.07 Å². The molecule has 116 valence electrons. The van der Waals surface area contributed by atoms with Gasteiger partial charge < -0.3 is 5.32 Å². The summed E-state index contributed by atoms with van der Waals surface area (Å²) in [7, 11) is 0. The molecule has 1 unspecified atom stereocenters. The Morgan fingerprint density at radius 1 is 1.23 bits per heavy atom. The Bertz CT molecular complexity index is 597. The maximum Gasteiger partial charge on any atom is 0.126 e. The summed E-state index contributed by atoms with van der Waals surface area (Å²) in [4.78, 5) is 11.4. The molecule has 22 heavy (non-hydrogen) atoms. The smallest absolute Gasteiger partial charge is 0.126 e. The molecular weight excluding hydrogens is 272 g/mol. The number of nitrogens with one attached hydrogen (secondary N) is 1. The fourth-order valence-corrected chi connectivity index (χ4v) is 3.15. The molecule has 1 saturated heterocycles. The Morgan fingerprint density at radius 2 is 2.05 bits per heavy atom. The minimum Gasteiger partial charge on any atom is -0.366 e. The van der Waals surface area contributed by atoms with E-state index in [0.717, 1.165) is 12.4 Å². The van der Waals surface area contributed by atoms with Gasteiger partial charge in [-0.25, -0.2) is 4.98 Å². The van der Waals surface area contributed by atoms with Crippen molar-refractivity contribution >= 4 is 5.82 Å². The second-order valence-corrected chi connectivity index (χ2v) is 6.15. The van der Waals surface area contributed by atoms with Gasteiger partial charge in [0.15, 0.2) is 0 Å². The first-order valence-electron chi connectivity index (χ1n) is 8.09. The van der Waals surface area contributed by atoms with Gasteiger partial charge in [0, 0.05) is 25.0 Å². The van der Waals surface area contributed by atoms with Crippen LogP contribution in [0.1, 0.15) is 44.0 Å². The fourth-order valence-electron chi connectivity index (χ4n) is 3.15. The van der Waals surface area contributed by atoms with E-state index in [4.69, 9.17) is 4.98 Å². The van der Waals surface area contributed by atoms with E-state index in [-0.39, 0.29) is 0 Å². The first-order chi connectivity index (χ1) is 10.7. The Labute approximate surface area is 132 Å². The van der Waals surface area contributed by atoms with Gasteiger partial charge in [-0.3, -0.25) is 9.88 Å². The minimum atomic E-state index is 0.461. The van der Waals surface area contributed by atoms with Crippen LogP contribution in [0.2, 0.25) is 0 Å². The van der Waals surface area contributed by atoms with Crippen molar-refractivity contribution < 1.29 is 0 Å². The molecule has 0 radical (unpaired) electrons. The lowest BCUT2D eigenvalue weighted by atomic mass is 10.1. The highest BCUT2D eigenvalue weighted by Gasteiger charge is 2.28. The second-order valence-electron chi connectivity index (χ2n) is 6.15. The molecule has 0 spiro atoms. The Morgan fingerprint density at radius 3 is 2.82 bits per heavy atom. The fraction of sp³-hybridized carbons (Fsp3) is 0.444. The lowest BCUT2D eigenvalue weighted by molar-refractivity contribution is 0.202. The molecule has 4 heteroatoms. The number of pyridine rings is 2. The van der Waals surface area contributed by atoms with Crippen LogP contribution in [-0.2, 0) is 6.54 Å². The summed E-state index contributed by atoms with van der Waals surface area (Å²) in [5.41, 5.74) is 2.40. The van der Waals surface area contributed by atoms with Gasteiger partial charge in [-0.15, -0.1) is 0 Å². The van der Waals surface area contributed by atoms with Gasteiger partial charge in [0.2, 0.25) is 0 Å². The largest absolute Gasteiger partial charge is 0.366 e. The summed E-state index contributed by atoms with van der Waals surface area (Å²) in [6, 6.07) is 11.4. The standard InChI is InChI=1S/C18H24N4/c1-14(2)22-12-4-6-17(22)16-5-3-7-18(21-16)20-13-15-8-10-19-11-9-15/h3,5,7-11,14,17H,4,6,12-13H2,1-2H3,(H,20,21). The monoisotopic (exact) mass is 296 g/mol. The molecule has 0 saturated carbocycles. The van der Waals surface area contributed by atoms with Crippen molar-refractivity contribution in [2.24, 2.45) is 0 Å². The van der Waals surface area contributed by atoms with Crippen molar-refractivity contribution in [1.82, 2.24) is 14.9 Å². The minimum absolute atomic E-state index is 0.461. The maximum absolute atomic E-state index is 4.83. The topological polar surface area (TPSA) is 41.0 Å². The first kappa shape index (κ1) is 15.0. The number of hydrogen-bond donors (Lipinski definition) is 1. The highest BCUT2D eigenvalue weighted by molar-refractivity contribution is 5.37. The SMILES string of the molecule is CC(C)N1CCCC1c1cccc(NCc2ccncc2)n1. The number of likely N-dealkylation sites (tertiary alicyclic amines) is 1. The third-order valence-electron chi connectivity index (χ3n) is 4.29. The highest BCUT2D eigenvalue weighted by atomic mass is 15.2. The van der Waals surface area contributed by atoms with Crippen LogP contribution in [0.5, 0.6) is 0 Å². The summed E-state index contributed by atoms with van der Waals surface area (Å²) in [6.07, 6.45) is 6.11. The van der Waals surface area contributed by atoms with E-state index in [1.807, 2.05) is 30.6 Å². The number of nitrogens with zero attached hydrogens (tertiary/aromatic N) is 3. The van der Waals surface area contributed by atoms with Crippen LogP contribution >= 0.6 is 0 Å². The molecule has 3 heterocycles. The lowest BCUT2D eigenvalue weighted by Gasteiger charge is -2.28. The average Bonchev–Trinajstić information content (AvgIpc) is 3.04. The maximum atomic E-state index is 4.83. The van der Waals surface area contributed by atoms with E-state index in [1.54, 1.807) is 0 Å². The van der Waals surface area contributed by atoms with Crippen molar-refractivity contribution in [2.45, 2.75) is 45.3 Å².